The van der Waals surface area contributed by atoms with Gasteiger partial charge in [-0.15, -0.1) is 0 Å². The van der Waals surface area contributed by atoms with Crippen molar-refractivity contribution in [3.63, 3.8) is 0 Å². The highest BCUT2D eigenvalue weighted by atomic mass is 19.1. The molecule has 0 spiro atoms. The molecule has 1 saturated carbocycles. The van der Waals surface area contributed by atoms with Crippen molar-refractivity contribution in [2.75, 3.05) is 24.6 Å². The molecule has 2 aromatic carbocycles. The number of aliphatic hydroxyl groups is 1. The van der Waals surface area contributed by atoms with Crippen molar-refractivity contribution in [2.24, 2.45) is 5.73 Å². The molecule has 2 atom stereocenters. The van der Waals surface area contributed by atoms with Crippen molar-refractivity contribution < 1.29 is 28.6 Å². The van der Waals surface area contributed by atoms with Gasteiger partial charge < -0.3 is 25.2 Å². The predicted molar refractivity (Wildman–Crippen MR) is 152 cm³/mol. The topological polar surface area (TPSA) is 115 Å². The van der Waals surface area contributed by atoms with Crippen LogP contribution in [0.4, 0.5) is 10.1 Å². The number of benzene rings is 2. The molecule has 1 aliphatic carbocycles. The molecular formula is C32H34FN3O5. The lowest BCUT2D eigenvalue weighted by Gasteiger charge is -2.34. The van der Waals surface area contributed by atoms with Crippen LogP contribution in [0.1, 0.15) is 67.6 Å². The van der Waals surface area contributed by atoms with Crippen LogP contribution in [0.25, 0.3) is 11.3 Å². The number of fused-ring (bicyclic) bond motifs is 1. The minimum atomic E-state index is -1.52. The van der Waals surface area contributed by atoms with Gasteiger partial charge in [-0.05, 0) is 88.1 Å². The number of nitrogens with two attached hydrogens (primary N) is 1. The van der Waals surface area contributed by atoms with E-state index in [9.17, 15) is 19.1 Å². The van der Waals surface area contributed by atoms with Gasteiger partial charge in [0.1, 0.15) is 40.6 Å². The van der Waals surface area contributed by atoms with Crippen molar-refractivity contribution in [3.05, 3.63) is 71.2 Å². The van der Waals surface area contributed by atoms with E-state index in [1.165, 1.54) is 12.1 Å². The lowest BCUT2D eigenvalue weighted by atomic mass is 9.81. The van der Waals surface area contributed by atoms with Gasteiger partial charge in [-0.2, -0.15) is 0 Å². The summed E-state index contributed by atoms with van der Waals surface area (Å²) in [4.78, 5) is 32.7. The summed E-state index contributed by atoms with van der Waals surface area (Å²) < 4.78 is 25.7. The van der Waals surface area contributed by atoms with Crippen LogP contribution in [-0.2, 0) is 15.8 Å². The molecule has 1 amide bonds. The number of amides is 1. The van der Waals surface area contributed by atoms with Gasteiger partial charge in [-0.1, -0.05) is 0 Å². The summed E-state index contributed by atoms with van der Waals surface area (Å²) in [6, 6.07) is 13.0. The van der Waals surface area contributed by atoms with Crippen molar-refractivity contribution in [1.82, 2.24) is 4.98 Å². The molecule has 3 aromatic rings. The number of rotatable bonds is 10. The van der Waals surface area contributed by atoms with Crippen molar-refractivity contribution in [3.8, 4) is 22.8 Å². The Bertz CT molecular complexity index is 1510. The Labute approximate surface area is 238 Å². The molecule has 3 aliphatic rings. The molecule has 2 fully saturated rings. The van der Waals surface area contributed by atoms with Crippen LogP contribution in [-0.4, -0.2) is 47.6 Å². The first-order valence-electron chi connectivity index (χ1n) is 14.1. The number of hydrogen-bond acceptors (Lipinski definition) is 7. The lowest BCUT2D eigenvalue weighted by molar-refractivity contribution is -0.123. The second-order valence-electron chi connectivity index (χ2n) is 11.8. The molecule has 9 heteroatoms. The SMILES string of the molecule is C[C@](O)(CCC(=O)c1ccc(N2CCC2)c(OC2CC2)c1)c1cc2c(c(-c3ccc(F)cc3)n1)OC[C@]2(C)C(N)=O. The zero-order chi connectivity index (χ0) is 28.9. The molecule has 2 aliphatic heterocycles. The maximum Gasteiger partial charge on any atom is 0.231 e. The van der Waals surface area contributed by atoms with E-state index in [1.54, 1.807) is 32.0 Å². The normalized spacial score (nSPS) is 20.9. The highest BCUT2D eigenvalue weighted by molar-refractivity contribution is 5.97. The number of nitrogens with zero attached hydrogens (tertiary/aromatic N) is 2. The van der Waals surface area contributed by atoms with Crippen LogP contribution in [0.3, 0.4) is 0 Å². The van der Waals surface area contributed by atoms with Crippen molar-refractivity contribution >= 4 is 17.4 Å². The van der Waals surface area contributed by atoms with E-state index in [1.807, 2.05) is 18.2 Å². The molecule has 41 heavy (non-hydrogen) atoms. The monoisotopic (exact) mass is 559 g/mol. The third-order valence-electron chi connectivity index (χ3n) is 8.42. The maximum absolute atomic E-state index is 13.7. The van der Waals surface area contributed by atoms with Crippen LogP contribution in [0.15, 0.2) is 48.5 Å². The minimum Gasteiger partial charge on any atom is -0.489 e. The second-order valence-corrected chi connectivity index (χ2v) is 11.8. The quantitative estimate of drug-likeness (QED) is 0.348. The summed E-state index contributed by atoms with van der Waals surface area (Å²) in [5.41, 5.74) is 6.36. The molecule has 6 rings (SSSR count). The Morgan fingerprint density at radius 1 is 1.20 bits per heavy atom. The fraction of sp³-hybridized carbons (Fsp3) is 0.406. The molecule has 8 nitrogen and oxygen atoms in total. The van der Waals surface area contributed by atoms with Crippen molar-refractivity contribution in [1.29, 1.82) is 0 Å². The van der Waals surface area contributed by atoms with Crippen LogP contribution in [0.5, 0.6) is 11.5 Å². The van der Waals surface area contributed by atoms with Crippen LogP contribution in [0.2, 0.25) is 0 Å². The number of carbonyl (C=O) groups is 2. The summed E-state index contributed by atoms with van der Waals surface area (Å²) in [7, 11) is 0. The molecule has 3 heterocycles. The number of ketones is 1. The summed E-state index contributed by atoms with van der Waals surface area (Å²) in [5, 5.41) is 11.6. The van der Waals surface area contributed by atoms with E-state index in [0.717, 1.165) is 43.8 Å². The summed E-state index contributed by atoms with van der Waals surface area (Å²) in [6.07, 6.45) is 3.54. The first-order valence-corrected chi connectivity index (χ1v) is 14.1. The number of halogens is 1. The largest absolute Gasteiger partial charge is 0.489 e. The third-order valence-corrected chi connectivity index (χ3v) is 8.42. The molecule has 0 bridgehead atoms. The summed E-state index contributed by atoms with van der Waals surface area (Å²) in [6.45, 7) is 5.25. The molecule has 0 radical (unpaired) electrons. The standard InChI is InChI=1S/C32H34FN3O5/c1-31(30(34)38)18-40-29-23(31)17-27(35-28(29)19-4-7-21(33)8-5-19)32(2,39)13-12-25(37)20-6-11-24(36-14-3-15-36)26(16-20)41-22-9-10-22/h4-8,11,16-17,22,39H,3,9-10,12-15,18H2,1-2H3,(H2,34,38)/t31-,32-/m0/s1. The molecule has 1 aromatic heterocycles. The van der Waals surface area contributed by atoms with Gasteiger partial charge >= 0.3 is 0 Å². The van der Waals surface area contributed by atoms with E-state index < -0.39 is 22.7 Å². The number of Topliss-reactive ketones (excluding diaryl/α,β-unsaturated/α-hetero) is 1. The lowest BCUT2D eigenvalue weighted by Crippen LogP contribution is -2.40. The van der Waals surface area contributed by atoms with Gasteiger partial charge in [-0.25, -0.2) is 9.37 Å². The Balaban J connectivity index is 1.28. The number of ether oxygens (including phenoxy) is 2. The summed E-state index contributed by atoms with van der Waals surface area (Å²) >= 11 is 0. The van der Waals surface area contributed by atoms with Crippen LogP contribution < -0.4 is 20.1 Å². The van der Waals surface area contributed by atoms with Crippen LogP contribution in [0, 0.1) is 5.82 Å². The minimum absolute atomic E-state index is 0.0241. The number of anilines is 1. The molecular weight excluding hydrogens is 525 g/mol. The molecule has 3 N–H and O–H groups in total. The summed E-state index contributed by atoms with van der Waals surface area (Å²) in [5.74, 6) is 0.0165. The van der Waals surface area contributed by atoms with Gasteiger partial charge in [0, 0.05) is 36.2 Å². The number of carbonyl (C=O) groups excluding carboxylic acids is 2. The van der Waals surface area contributed by atoms with E-state index in [4.69, 9.17) is 20.2 Å². The predicted octanol–water partition coefficient (Wildman–Crippen LogP) is 4.65. The average molecular weight is 560 g/mol. The first-order chi connectivity index (χ1) is 19.5. The van der Waals surface area contributed by atoms with E-state index >= 15 is 0 Å². The zero-order valence-electron chi connectivity index (χ0n) is 23.3. The Morgan fingerprint density at radius 2 is 1.93 bits per heavy atom. The van der Waals surface area contributed by atoms with Crippen LogP contribution >= 0.6 is 0 Å². The van der Waals surface area contributed by atoms with E-state index in [2.05, 4.69) is 4.90 Å². The first kappa shape index (κ1) is 27.2. The number of primary amides is 1. The highest BCUT2D eigenvalue weighted by Gasteiger charge is 2.45. The average Bonchev–Trinajstić information content (AvgIpc) is 3.67. The number of aromatic nitrogens is 1. The fourth-order valence-electron chi connectivity index (χ4n) is 5.26. The zero-order valence-corrected chi connectivity index (χ0v) is 23.3. The van der Waals surface area contributed by atoms with Gasteiger partial charge in [0.05, 0.1) is 17.5 Å². The van der Waals surface area contributed by atoms with Gasteiger partial charge in [-0.3, -0.25) is 9.59 Å². The van der Waals surface area contributed by atoms with Gasteiger partial charge in [0.15, 0.2) is 5.78 Å². The Kier molecular flexibility index (Phi) is 6.72. The number of pyridine rings is 1. The highest BCUT2D eigenvalue weighted by Crippen LogP contribution is 2.46. The third kappa shape index (κ3) is 5.14. The van der Waals surface area contributed by atoms with E-state index in [-0.39, 0.29) is 37.0 Å². The maximum atomic E-state index is 13.7. The van der Waals surface area contributed by atoms with Crippen molar-refractivity contribution in [2.45, 2.75) is 63.1 Å². The fourth-order valence-corrected chi connectivity index (χ4v) is 5.26. The molecule has 0 unspecified atom stereocenters. The smallest absolute Gasteiger partial charge is 0.231 e. The second kappa shape index (κ2) is 10.1. The Hall–Kier alpha value is -3.98. The van der Waals surface area contributed by atoms with Gasteiger partial charge in [0.25, 0.3) is 0 Å². The molecule has 214 valence electrons. The van der Waals surface area contributed by atoms with Gasteiger partial charge in [0.2, 0.25) is 5.91 Å². The molecule has 1 saturated heterocycles. The Morgan fingerprint density at radius 3 is 2.56 bits per heavy atom. The number of hydrogen-bond donors (Lipinski definition) is 2. The van der Waals surface area contributed by atoms with E-state index in [0.29, 0.717) is 28.1 Å².